The smallest absolute Gasteiger partial charge is 0.223 e. The van der Waals surface area contributed by atoms with E-state index in [4.69, 9.17) is 11.5 Å². The Kier molecular flexibility index (Phi) is 14.5. The minimum absolute atomic E-state index is 0.0386. The molecule has 3 heterocycles. The third kappa shape index (κ3) is 10.7. The second-order valence-corrected chi connectivity index (χ2v) is 21.7. The summed E-state index contributed by atoms with van der Waals surface area (Å²) in [5.41, 5.74) is 22.8. The Morgan fingerprint density at radius 3 is 1.91 bits per heavy atom. The van der Waals surface area contributed by atoms with Gasteiger partial charge < -0.3 is 30.8 Å². The molecule has 4 aliphatic rings. The quantitative estimate of drug-likeness (QED) is 0.101. The van der Waals surface area contributed by atoms with Gasteiger partial charge in [-0.05, 0) is 135 Å². The van der Waals surface area contributed by atoms with Gasteiger partial charge in [0, 0.05) is 103 Å². The molecule has 68 heavy (non-hydrogen) atoms. The van der Waals surface area contributed by atoms with Crippen LogP contribution in [-0.2, 0) is 22.7 Å². The maximum atomic E-state index is 14.4. The van der Waals surface area contributed by atoms with Crippen LogP contribution in [0.25, 0.3) is 21.8 Å². The summed E-state index contributed by atoms with van der Waals surface area (Å²) in [5.74, 6) is 1.91. The summed E-state index contributed by atoms with van der Waals surface area (Å²) < 4.78 is 5.03. The van der Waals surface area contributed by atoms with Gasteiger partial charge in [-0.3, -0.25) is 9.59 Å². The molecule has 2 aromatic heterocycles. The Bertz CT molecular complexity index is 2660. The fraction of sp³-hybridized carbons (Fsp3) is 0.500. The molecule has 6 aromatic rings. The predicted molar refractivity (Wildman–Crippen MR) is 278 cm³/mol. The van der Waals surface area contributed by atoms with Crippen molar-refractivity contribution in [1.82, 2.24) is 19.4 Å². The van der Waals surface area contributed by atoms with E-state index in [0.29, 0.717) is 30.6 Å². The van der Waals surface area contributed by atoms with Crippen LogP contribution in [-0.4, -0.2) is 57.1 Å². The number of aryl methyl sites for hydroxylation is 1. The van der Waals surface area contributed by atoms with E-state index in [1.54, 1.807) is 0 Å². The first-order chi connectivity index (χ1) is 33.2. The van der Waals surface area contributed by atoms with E-state index in [0.717, 1.165) is 71.1 Å². The third-order valence-electron chi connectivity index (χ3n) is 16.8. The molecule has 6 atom stereocenters. The molecule has 0 radical (unpaired) electrons. The number of hydrogen-bond acceptors (Lipinski definition) is 4. The topological polar surface area (TPSA) is 111 Å². The number of benzene rings is 4. The van der Waals surface area contributed by atoms with Crippen LogP contribution in [0.5, 0.6) is 0 Å². The lowest BCUT2D eigenvalue weighted by atomic mass is 9.76. The number of hydrogen-bond donors (Lipinski definition) is 3. The largest absolute Gasteiger partial charge is 0.353 e. The van der Waals surface area contributed by atoms with Gasteiger partial charge in [0.2, 0.25) is 11.8 Å². The van der Waals surface area contributed by atoms with E-state index >= 15 is 0 Å². The molecule has 4 fully saturated rings. The van der Waals surface area contributed by atoms with Crippen LogP contribution in [0.1, 0.15) is 160 Å². The minimum atomic E-state index is -0.0613. The summed E-state index contributed by atoms with van der Waals surface area (Å²) in [7, 11) is 0. The SMILES string of the molecule is Cc1cccc(C(CC(=O)NC2CCCC(N)C2)c2cn(CC3CCCC(c4cccc(C(CC(=O)N5CCC(N)CC5)c5cn(CC6CCCCC6)c6ccccc56)c4)C3)c3ccccc23)c1. The highest BCUT2D eigenvalue weighted by molar-refractivity contribution is 5.88. The molecule has 2 amide bonds. The summed E-state index contributed by atoms with van der Waals surface area (Å²) >= 11 is 0. The number of aromatic nitrogens is 2. The number of piperidine rings is 1. The molecule has 0 spiro atoms. The van der Waals surface area contributed by atoms with Gasteiger partial charge in [-0.15, -0.1) is 0 Å². The fourth-order valence-corrected chi connectivity index (χ4v) is 13.1. The third-order valence-corrected chi connectivity index (χ3v) is 16.8. The van der Waals surface area contributed by atoms with Crippen molar-refractivity contribution in [3.63, 3.8) is 0 Å². The Hall–Kier alpha value is -5.18. The molecule has 8 nitrogen and oxygen atoms in total. The lowest BCUT2D eigenvalue weighted by Gasteiger charge is -2.32. The average molecular weight is 913 g/mol. The van der Waals surface area contributed by atoms with Crippen molar-refractivity contribution < 1.29 is 9.59 Å². The number of nitrogens with two attached hydrogens (primary N) is 2. The zero-order valence-electron chi connectivity index (χ0n) is 40.7. The van der Waals surface area contributed by atoms with E-state index in [-0.39, 0.29) is 41.8 Å². The lowest BCUT2D eigenvalue weighted by Crippen LogP contribution is -2.43. The highest BCUT2D eigenvalue weighted by Gasteiger charge is 2.31. The molecule has 10 rings (SSSR count). The van der Waals surface area contributed by atoms with Crippen LogP contribution < -0.4 is 16.8 Å². The zero-order chi connectivity index (χ0) is 46.6. The Balaban J connectivity index is 0.920. The monoisotopic (exact) mass is 913 g/mol. The first-order valence-corrected chi connectivity index (χ1v) is 26.6. The number of amides is 2. The van der Waals surface area contributed by atoms with Crippen LogP contribution >= 0.6 is 0 Å². The van der Waals surface area contributed by atoms with Crippen molar-refractivity contribution in [1.29, 1.82) is 0 Å². The Labute approximate surface area is 405 Å². The molecule has 358 valence electrons. The zero-order valence-corrected chi connectivity index (χ0v) is 40.7. The first kappa shape index (κ1) is 46.5. The summed E-state index contributed by atoms with van der Waals surface area (Å²) in [5, 5.41) is 5.91. The van der Waals surface area contributed by atoms with Gasteiger partial charge in [0.05, 0.1) is 0 Å². The molecular formula is C60H76N6O2. The molecule has 3 saturated carbocycles. The van der Waals surface area contributed by atoms with Crippen LogP contribution in [0.15, 0.2) is 109 Å². The number of fused-ring (bicyclic) bond motifs is 2. The summed E-state index contributed by atoms with van der Waals surface area (Å²) in [6, 6.07) is 36.4. The van der Waals surface area contributed by atoms with Gasteiger partial charge in [-0.1, -0.05) is 116 Å². The van der Waals surface area contributed by atoms with Crippen LogP contribution in [0.3, 0.4) is 0 Å². The number of nitrogens with zero attached hydrogens (tertiary/aromatic N) is 3. The maximum Gasteiger partial charge on any atom is 0.223 e. The average Bonchev–Trinajstić information content (AvgIpc) is 3.90. The number of carbonyl (C=O) groups excluding carboxylic acids is 2. The van der Waals surface area contributed by atoms with Gasteiger partial charge in [0.15, 0.2) is 0 Å². The first-order valence-electron chi connectivity index (χ1n) is 26.6. The van der Waals surface area contributed by atoms with Gasteiger partial charge in [0.25, 0.3) is 0 Å². The minimum Gasteiger partial charge on any atom is -0.353 e. The Morgan fingerprint density at radius 1 is 0.603 bits per heavy atom. The number of para-hydroxylation sites is 2. The van der Waals surface area contributed by atoms with Crippen molar-refractivity contribution in [2.24, 2.45) is 23.3 Å². The molecule has 1 saturated heterocycles. The van der Waals surface area contributed by atoms with E-state index in [1.807, 2.05) is 0 Å². The molecule has 4 aromatic carbocycles. The number of carbonyl (C=O) groups is 2. The second kappa shape index (κ2) is 21.2. The van der Waals surface area contributed by atoms with Crippen molar-refractivity contribution in [3.8, 4) is 0 Å². The second-order valence-electron chi connectivity index (χ2n) is 21.7. The van der Waals surface area contributed by atoms with Crippen molar-refractivity contribution in [2.75, 3.05) is 13.1 Å². The molecular weight excluding hydrogens is 837 g/mol. The fourth-order valence-electron chi connectivity index (χ4n) is 13.1. The van der Waals surface area contributed by atoms with Gasteiger partial charge >= 0.3 is 0 Å². The van der Waals surface area contributed by atoms with Gasteiger partial charge in [-0.2, -0.15) is 0 Å². The van der Waals surface area contributed by atoms with E-state index in [1.165, 1.54) is 107 Å². The van der Waals surface area contributed by atoms with E-state index in [2.05, 4.69) is 136 Å². The van der Waals surface area contributed by atoms with Crippen molar-refractivity contribution >= 4 is 33.6 Å². The molecule has 0 bridgehead atoms. The van der Waals surface area contributed by atoms with Gasteiger partial charge in [0.1, 0.15) is 0 Å². The molecule has 8 heteroatoms. The molecule has 3 aliphatic carbocycles. The number of nitrogens with one attached hydrogen (secondary N) is 1. The standard InChI is InChI=1S/C60H76N6O2/c1-41-13-9-19-46(31-41)53(35-59(67)63-50-22-12-21-49(62)34-50)55-39-66(58-26-8-5-23-51(55)58)38-43-16-10-17-44(32-43)45-18-11-20-47(33-45)54(36-60(68)64-29-27-48(61)28-30-64)56-40-65(37-42-14-3-2-4-15-42)57-25-7-6-24-52(56)57/h5-9,11,13,18-20,23-26,31,33,39-40,42-44,48-50,53-54H,2-4,10,12,14-17,21-22,27-30,32,34-38,61-62H2,1H3,(H,63,67). The van der Waals surface area contributed by atoms with Crippen LogP contribution in [0.2, 0.25) is 0 Å². The molecule has 6 unspecified atom stereocenters. The lowest BCUT2D eigenvalue weighted by molar-refractivity contribution is -0.132. The van der Waals surface area contributed by atoms with Gasteiger partial charge in [-0.25, -0.2) is 0 Å². The molecule has 5 N–H and O–H groups in total. The van der Waals surface area contributed by atoms with Crippen molar-refractivity contribution in [2.45, 2.75) is 165 Å². The van der Waals surface area contributed by atoms with E-state index < -0.39 is 0 Å². The predicted octanol–water partition coefficient (Wildman–Crippen LogP) is 11.8. The number of likely N-dealkylation sites (tertiary alicyclic amines) is 1. The van der Waals surface area contributed by atoms with Crippen LogP contribution in [0.4, 0.5) is 0 Å². The summed E-state index contributed by atoms with van der Waals surface area (Å²) in [4.78, 5) is 30.4. The summed E-state index contributed by atoms with van der Waals surface area (Å²) in [6.07, 6.45) is 22.7. The highest BCUT2D eigenvalue weighted by Crippen LogP contribution is 2.43. The highest BCUT2D eigenvalue weighted by atomic mass is 16.2. The normalized spacial score (nSPS) is 22.9. The maximum absolute atomic E-state index is 14.4. The Morgan fingerprint density at radius 2 is 1.22 bits per heavy atom. The van der Waals surface area contributed by atoms with E-state index in [9.17, 15) is 9.59 Å². The molecule has 1 aliphatic heterocycles. The van der Waals surface area contributed by atoms with Crippen molar-refractivity contribution in [3.05, 3.63) is 143 Å². The number of rotatable bonds is 14. The van der Waals surface area contributed by atoms with Crippen LogP contribution in [0, 0.1) is 18.8 Å². The summed E-state index contributed by atoms with van der Waals surface area (Å²) in [6.45, 7) is 5.63.